The molecule has 1 N–H and O–H groups in total. The van der Waals surface area contributed by atoms with Gasteiger partial charge in [0.05, 0.1) is 0 Å². The Kier molecular flexibility index (Phi) is 4.17. The number of carbonyl (C=O) groups excluding carboxylic acids is 1. The summed E-state index contributed by atoms with van der Waals surface area (Å²) < 4.78 is 0. The van der Waals surface area contributed by atoms with Crippen LogP contribution in [0.5, 0.6) is 0 Å². The van der Waals surface area contributed by atoms with Crippen LogP contribution in [0, 0.1) is 5.92 Å². The van der Waals surface area contributed by atoms with Crippen LogP contribution in [-0.4, -0.2) is 16.9 Å². The van der Waals surface area contributed by atoms with Gasteiger partial charge in [0.1, 0.15) is 0 Å². The second-order valence-corrected chi connectivity index (χ2v) is 8.72. The van der Waals surface area contributed by atoms with Gasteiger partial charge in [-0.3, -0.25) is 4.79 Å². The van der Waals surface area contributed by atoms with E-state index in [0.29, 0.717) is 35.5 Å². The van der Waals surface area contributed by atoms with Gasteiger partial charge < -0.3 is 5.11 Å². The van der Waals surface area contributed by atoms with Crippen molar-refractivity contribution in [2.45, 2.75) is 71.1 Å². The zero-order chi connectivity index (χ0) is 18.6. The predicted molar refractivity (Wildman–Crippen MR) is 99.1 cm³/mol. The van der Waals surface area contributed by atoms with Crippen molar-refractivity contribution in [1.29, 1.82) is 0 Å². The van der Waals surface area contributed by atoms with Crippen LogP contribution in [0.25, 0.3) is 0 Å². The molecule has 0 radical (unpaired) electrons. The number of fused-ring (bicyclic) bond motifs is 1. The van der Waals surface area contributed by atoms with Gasteiger partial charge in [-0.2, -0.15) is 0 Å². The lowest BCUT2D eigenvalue weighted by atomic mass is 9.71. The molecule has 3 heteroatoms. The Labute approximate surface area is 150 Å². The summed E-state index contributed by atoms with van der Waals surface area (Å²) in [5.41, 5.74) is 4.03. The molecule has 0 amide bonds. The lowest BCUT2D eigenvalue weighted by Crippen LogP contribution is -2.30. The van der Waals surface area contributed by atoms with Crippen molar-refractivity contribution in [2.24, 2.45) is 5.92 Å². The third-order valence-corrected chi connectivity index (χ3v) is 6.84. The fraction of sp³-hybridized carbons (Fsp3) is 0.545. The zero-order valence-electron chi connectivity index (χ0n) is 15.9. The SMILES string of the molecule is CC1C(C)(C)c2ccc(C(=O)C3=C(C(=O)O)CCCC3)cc2C1(C)C. The van der Waals surface area contributed by atoms with Crippen molar-refractivity contribution in [3.63, 3.8) is 0 Å². The number of Topliss-reactive ketones (excluding diaryl/α,β-unsaturated/α-hetero) is 1. The van der Waals surface area contributed by atoms with Crippen LogP contribution in [0.4, 0.5) is 0 Å². The molecule has 0 aliphatic heterocycles. The average molecular weight is 340 g/mol. The number of ketones is 1. The van der Waals surface area contributed by atoms with Crippen LogP contribution in [0.3, 0.4) is 0 Å². The molecule has 0 saturated carbocycles. The highest BCUT2D eigenvalue weighted by molar-refractivity contribution is 6.12. The molecule has 0 bridgehead atoms. The summed E-state index contributed by atoms with van der Waals surface area (Å²) >= 11 is 0. The highest BCUT2D eigenvalue weighted by Crippen LogP contribution is 2.53. The number of allylic oxidation sites excluding steroid dienone is 1. The van der Waals surface area contributed by atoms with Gasteiger partial charge in [-0.15, -0.1) is 0 Å². The number of benzene rings is 1. The molecular formula is C22H28O3. The molecule has 0 saturated heterocycles. The maximum absolute atomic E-state index is 13.0. The van der Waals surface area contributed by atoms with E-state index >= 15 is 0 Å². The Morgan fingerprint density at radius 1 is 0.960 bits per heavy atom. The van der Waals surface area contributed by atoms with Crippen molar-refractivity contribution in [2.75, 3.05) is 0 Å². The molecule has 0 fully saturated rings. The van der Waals surface area contributed by atoms with Crippen LogP contribution in [0.2, 0.25) is 0 Å². The summed E-state index contributed by atoms with van der Waals surface area (Å²) in [6.45, 7) is 11.3. The fourth-order valence-corrected chi connectivity index (χ4v) is 4.72. The summed E-state index contributed by atoms with van der Waals surface area (Å²) in [5, 5.41) is 9.44. The fourth-order valence-electron chi connectivity index (χ4n) is 4.72. The van der Waals surface area contributed by atoms with Crippen LogP contribution >= 0.6 is 0 Å². The Morgan fingerprint density at radius 2 is 1.52 bits per heavy atom. The largest absolute Gasteiger partial charge is 0.478 e. The smallest absolute Gasteiger partial charge is 0.331 e. The molecular weight excluding hydrogens is 312 g/mol. The van der Waals surface area contributed by atoms with Gasteiger partial charge in [-0.25, -0.2) is 4.79 Å². The minimum atomic E-state index is -0.945. The molecule has 1 atom stereocenters. The first kappa shape index (κ1) is 17.9. The molecule has 1 aromatic carbocycles. The molecule has 1 aromatic rings. The Hall–Kier alpha value is -1.90. The van der Waals surface area contributed by atoms with E-state index in [9.17, 15) is 14.7 Å². The first-order chi connectivity index (χ1) is 11.6. The third kappa shape index (κ3) is 2.65. The lowest BCUT2D eigenvalue weighted by Gasteiger charge is -2.32. The number of carbonyl (C=O) groups is 2. The molecule has 3 rings (SSSR count). The summed E-state index contributed by atoms with van der Waals surface area (Å²) in [6, 6.07) is 5.99. The lowest BCUT2D eigenvalue weighted by molar-refractivity contribution is -0.133. The van der Waals surface area contributed by atoms with E-state index in [0.717, 1.165) is 12.8 Å². The number of carboxylic acids is 1. The predicted octanol–water partition coefficient (Wildman–Crippen LogP) is 5.03. The Morgan fingerprint density at radius 3 is 2.12 bits per heavy atom. The minimum Gasteiger partial charge on any atom is -0.478 e. The molecule has 25 heavy (non-hydrogen) atoms. The number of carboxylic acid groups (broad SMARTS) is 1. The molecule has 0 spiro atoms. The maximum atomic E-state index is 13.0. The van der Waals surface area contributed by atoms with Crippen LogP contribution in [0.15, 0.2) is 29.3 Å². The molecule has 0 heterocycles. The highest BCUT2D eigenvalue weighted by Gasteiger charge is 2.48. The highest BCUT2D eigenvalue weighted by atomic mass is 16.4. The second-order valence-electron chi connectivity index (χ2n) is 8.72. The Bertz CT molecular complexity index is 780. The van der Waals surface area contributed by atoms with E-state index < -0.39 is 5.97 Å². The van der Waals surface area contributed by atoms with Gasteiger partial charge in [0.25, 0.3) is 0 Å². The zero-order valence-corrected chi connectivity index (χ0v) is 15.9. The summed E-state index contributed by atoms with van der Waals surface area (Å²) in [5.74, 6) is -0.587. The quantitative estimate of drug-likeness (QED) is 0.785. The van der Waals surface area contributed by atoms with Gasteiger partial charge in [-0.05, 0) is 59.6 Å². The van der Waals surface area contributed by atoms with Crippen LogP contribution in [-0.2, 0) is 15.6 Å². The van der Waals surface area contributed by atoms with Gasteiger partial charge in [0, 0.05) is 16.7 Å². The molecule has 3 nitrogen and oxygen atoms in total. The summed E-state index contributed by atoms with van der Waals surface area (Å²) in [6.07, 6.45) is 2.80. The first-order valence-corrected chi connectivity index (χ1v) is 9.23. The van der Waals surface area contributed by atoms with Crippen molar-refractivity contribution in [1.82, 2.24) is 0 Å². The van der Waals surface area contributed by atoms with Crippen LogP contribution in [0.1, 0.15) is 81.8 Å². The van der Waals surface area contributed by atoms with Gasteiger partial charge in [0.15, 0.2) is 5.78 Å². The van der Waals surface area contributed by atoms with E-state index in [1.165, 1.54) is 11.1 Å². The monoisotopic (exact) mass is 340 g/mol. The maximum Gasteiger partial charge on any atom is 0.331 e. The first-order valence-electron chi connectivity index (χ1n) is 9.23. The van der Waals surface area contributed by atoms with E-state index in [4.69, 9.17) is 0 Å². The van der Waals surface area contributed by atoms with Crippen molar-refractivity contribution in [3.05, 3.63) is 46.0 Å². The van der Waals surface area contributed by atoms with E-state index in [1.54, 1.807) is 0 Å². The molecule has 2 aliphatic rings. The van der Waals surface area contributed by atoms with E-state index in [-0.39, 0.29) is 16.6 Å². The van der Waals surface area contributed by atoms with Crippen molar-refractivity contribution in [3.8, 4) is 0 Å². The Balaban J connectivity index is 2.08. The number of hydrogen-bond donors (Lipinski definition) is 1. The summed E-state index contributed by atoms with van der Waals surface area (Å²) in [4.78, 5) is 24.6. The van der Waals surface area contributed by atoms with E-state index in [2.05, 4.69) is 40.7 Å². The molecule has 1 unspecified atom stereocenters. The van der Waals surface area contributed by atoms with Crippen molar-refractivity contribution < 1.29 is 14.7 Å². The van der Waals surface area contributed by atoms with Crippen LogP contribution < -0.4 is 0 Å². The molecule has 2 aliphatic carbocycles. The topological polar surface area (TPSA) is 54.4 Å². The normalized spacial score (nSPS) is 24.1. The number of hydrogen-bond acceptors (Lipinski definition) is 2. The molecule has 134 valence electrons. The van der Waals surface area contributed by atoms with Gasteiger partial charge in [-0.1, -0.05) is 46.8 Å². The van der Waals surface area contributed by atoms with E-state index in [1.807, 2.05) is 12.1 Å². The van der Waals surface area contributed by atoms with Gasteiger partial charge >= 0.3 is 5.97 Å². The standard InChI is InChI=1S/C22H28O3/c1-13-21(2,3)17-11-10-14(12-18(17)22(13,4)5)19(23)15-8-6-7-9-16(15)20(24)25/h10-13H,6-9H2,1-5H3,(H,24,25). The second kappa shape index (κ2) is 5.82. The average Bonchev–Trinajstić information content (AvgIpc) is 2.72. The third-order valence-electron chi connectivity index (χ3n) is 6.84. The number of rotatable bonds is 3. The van der Waals surface area contributed by atoms with Crippen molar-refractivity contribution >= 4 is 11.8 Å². The number of aliphatic carboxylic acids is 1. The molecule has 0 aromatic heterocycles. The van der Waals surface area contributed by atoms with Gasteiger partial charge in [0.2, 0.25) is 0 Å². The minimum absolute atomic E-state index is 0.00824. The summed E-state index contributed by atoms with van der Waals surface area (Å²) in [7, 11) is 0.